The van der Waals surface area contributed by atoms with E-state index >= 15 is 0 Å². The minimum Gasteiger partial charge on any atom is -0.496 e. The lowest BCUT2D eigenvalue weighted by Crippen LogP contribution is -2.08. The average Bonchev–Trinajstić information content (AvgIpc) is 2.66. The molecule has 0 unspecified atom stereocenters. The fraction of sp³-hybridized carbons (Fsp3) is 0.238. The second kappa shape index (κ2) is 8.34. The highest BCUT2D eigenvalue weighted by Crippen LogP contribution is 2.21. The number of aromatic nitrogens is 2. The molecule has 0 radical (unpaired) electrons. The Morgan fingerprint density at radius 1 is 1.00 bits per heavy atom. The minimum atomic E-state index is 0.584. The molecule has 26 heavy (non-hydrogen) atoms. The smallest absolute Gasteiger partial charge is 0.229 e. The van der Waals surface area contributed by atoms with Crippen molar-refractivity contribution in [1.82, 2.24) is 9.97 Å². The first-order chi connectivity index (χ1) is 12.7. The maximum absolute atomic E-state index is 5.39. The van der Waals surface area contributed by atoms with E-state index in [2.05, 4.69) is 46.6 Å². The van der Waals surface area contributed by atoms with Crippen molar-refractivity contribution in [3.8, 4) is 5.75 Å². The average molecular weight is 348 g/mol. The molecule has 5 heteroatoms. The summed E-state index contributed by atoms with van der Waals surface area (Å²) in [7, 11) is 1.70. The highest BCUT2D eigenvalue weighted by Gasteiger charge is 2.05. The maximum Gasteiger partial charge on any atom is 0.229 e. The Morgan fingerprint density at radius 2 is 1.85 bits per heavy atom. The monoisotopic (exact) mass is 348 g/mol. The van der Waals surface area contributed by atoms with Crippen LogP contribution in [-0.2, 0) is 6.42 Å². The highest BCUT2D eigenvalue weighted by atomic mass is 16.5. The largest absolute Gasteiger partial charge is 0.496 e. The van der Waals surface area contributed by atoms with Gasteiger partial charge in [-0.1, -0.05) is 30.3 Å². The second-order valence-corrected chi connectivity index (χ2v) is 6.13. The van der Waals surface area contributed by atoms with Crippen molar-refractivity contribution in [2.75, 3.05) is 24.3 Å². The fourth-order valence-electron chi connectivity index (χ4n) is 2.76. The Kier molecular flexibility index (Phi) is 5.69. The van der Waals surface area contributed by atoms with Crippen LogP contribution in [0.2, 0.25) is 0 Å². The molecule has 0 saturated heterocycles. The molecule has 0 amide bonds. The third-order valence-electron chi connectivity index (χ3n) is 4.40. The van der Waals surface area contributed by atoms with Crippen molar-refractivity contribution in [3.63, 3.8) is 0 Å². The van der Waals surface area contributed by atoms with E-state index in [9.17, 15) is 0 Å². The lowest BCUT2D eigenvalue weighted by Gasteiger charge is -2.12. The molecule has 1 aromatic heterocycles. The second-order valence-electron chi connectivity index (χ2n) is 6.13. The van der Waals surface area contributed by atoms with Crippen LogP contribution in [0.3, 0.4) is 0 Å². The third kappa shape index (κ3) is 4.30. The van der Waals surface area contributed by atoms with E-state index < -0.39 is 0 Å². The zero-order chi connectivity index (χ0) is 18.4. The number of methoxy groups -OCH3 is 1. The minimum absolute atomic E-state index is 0.584. The molecule has 0 aliphatic carbocycles. The van der Waals surface area contributed by atoms with Crippen molar-refractivity contribution in [1.29, 1.82) is 0 Å². The summed E-state index contributed by atoms with van der Waals surface area (Å²) in [6, 6.07) is 16.1. The first-order valence-electron chi connectivity index (χ1n) is 8.69. The van der Waals surface area contributed by atoms with Crippen LogP contribution in [-0.4, -0.2) is 23.6 Å². The van der Waals surface area contributed by atoms with Crippen LogP contribution in [0.1, 0.15) is 16.7 Å². The predicted molar refractivity (Wildman–Crippen MR) is 106 cm³/mol. The fourth-order valence-corrected chi connectivity index (χ4v) is 2.76. The first kappa shape index (κ1) is 17.7. The summed E-state index contributed by atoms with van der Waals surface area (Å²) in [4.78, 5) is 8.86. The lowest BCUT2D eigenvalue weighted by atomic mass is 10.1. The van der Waals surface area contributed by atoms with Gasteiger partial charge in [-0.15, -0.1) is 0 Å². The SMILES string of the molecule is COc1ccccc1CCNc1ccnc(Nc2cccc(C)c2C)n1. The first-order valence-corrected chi connectivity index (χ1v) is 8.69. The number of nitrogens with one attached hydrogen (secondary N) is 2. The normalized spacial score (nSPS) is 10.4. The van der Waals surface area contributed by atoms with Gasteiger partial charge in [-0.05, 0) is 55.2 Å². The Hall–Kier alpha value is -3.08. The Balaban J connectivity index is 1.63. The molecule has 0 aliphatic heterocycles. The van der Waals surface area contributed by atoms with Gasteiger partial charge in [-0.25, -0.2) is 4.98 Å². The molecule has 5 nitrogen and oxygen atoms in total. The summed E-state index contributed by atoms with van der Waals surface area (Å²) in [5, 5.41) is 6.65. The summed E-state index contributed by atoms with van der Waals surface area (Å²) in [6.07, 6.45) is 2.61. The Morgan fingerprint density at radius 3 is 2.69 bits per heavy atom. The van der Waals surface area contributed by atoms with Gasteiger partial charge < -0.3 is 15.4 Å². The van der Waals surface area contributed by atoms with Crippen molar-refractivity contribution in [3.05, 3.63) is 71.4 Å². The van der Waals surface area contributed by atoms with E-state index in [-0.39, 0.29) is 0 Å². The van der Waals surface area contributed by atoms with Gasteiger partial charge in [0.25, 0.3) is 0 Å². The standard InChI is InChI=1S/C21H24N4O/c1-15-7-6-9-18(16(15)2)24-21-23-14-12-20(25-21)22-13-11-17-8-4-5-10-19(17)26-3/h4-10,12,14H,11,13H2,1-3H3,(H2,22,23,24,25). The number of aryl methyl sites for hydroxylation is 1. The molecule has 0 atom stereocenters. The molecule has 0 aliphatic rings. The van der Waals surface area contributed by atoms with E-state index in [1.807, 2.05) is 36.4 Å². The molecule has 2 N–H and O–H groups in total. The van der Waals surface area contributed by atoms with Gasteiger partial charge in [0.05, 0.1) is 7.11 Å². The molecule has 134 valence electrons. The van der Waals surface area contributed by atoms with Gasteiger partial charge in [0, 0.05) is 18.4 Å². The number of hydrogen-bond acceptors (Lipinski definition) is 5. The summed E-state index contributed by atoms with van der Waals surface area (Å²) in [5.74, 6) is 2.29. The zero-order valence-corrected chi connectivity index (χ0v) is 15.4. The van der Waals surface area contributed by atoms with Crippen molar-refractivity contribution in [2.45, 2.75) is 20.3 Å². The summed E-state index contributed by atoms with van der Waals surface area (Å²) in [5.41, 5.74) is 4.63. The van der Waals surface area contributed by atoms with Crippen LogP contribution >= 0.6 is 0 Å². The van der Waals surface area contributed by atoms with Gasteiger partial charge in [0.1, 0.15) is 11.6 Å². The van der Waals surface area contributed by atoms with Crippen LogP contribution < -0.4 is 15.4 Å². The van der Waals surface area contributed by atoms with Gasteiger partial charge in [0.15, 0.2) is 0 Å². The van der Waals surface area contributed by atoms with Crippen LogP contribution in [0, 0.1) is 13.8 Å². The van der Waals surface area contributed by atoms with Gasteiger partial charge in [-0.2, -0.15) is 4.98 Å². The third-order valence-corrected chi connectivity index (χ3v) is 4.40. The molecular formula is C21H24N4O. The van der Waals surface area contributed by atoms with E-state index in [1.54, 1.807) is 13.3 Å². The number of para-hydroxylation sites is 1. The van der Waals surface area contributed by atoms with Gasteiger partial charge >= 0.3 is 0 Å². The van der Waals surface area contributed by atoms with Crippen LogP contribution in [0.15, 0.2) is 54.7 Å². The maximum atomic E-state index is 5.39. The van der Waals surface area contributed by atoms with Crippen molar-refractivity contribution < 1.29 is 4.74 Å². The number of rotatable bonds is 7. The molecule has 3 rings (SSSR count). The number of nitrogens with zero attached hydrogens (tertiary/aromatic N) is 2. The van der Waals surface area contributed by atoms with Crippen LogP contribution in [0.4, 0.5) is 17.5 Å². The quantitative estimate of drug-likeness (QED) is 0.658. The molecular weight excluding hydrogens is 324 g/mol. The van der Waals surface area contributed by atoms with Crippen LogP contribution in [0.5, 0.6) is 5.75 Å². The number of benzene rings is 2. The van der Waals surface area contributed by atoms with Crippen LogP contribution in [0.25, 0.3) is 0 Å². The number of anilines is 3. The number of ether oxygens (including phenoxy) is 1. The molecule has 0 fully saturated rings. The Bertz CT molecular complexity index is 879. The predicted octanol–water partition coefficient (Wildman–Crippen LogP) is 4.50. The molecule has 0 saturated carbocycles. The lowest BCUT2D eigenvalue weighted by molar-refractivity contribution is 0.410. The Labute approximate surface area is 154 Å². The molecule has 0 bridgehead atoms. The summed E-state index contributed by atoms with van der Waals surface area (Å²) in [6.45, 7) is 4.95. The van der Waals surface area contributed by atoms with Gasteiger partial charge in [-0.3, -0.25) is 0 Å². The zero-order valence-electron chi connectivity index (χ0n) is 15.4. The van der Waals surface area contributed by atoms with Crippen molar-refractivity contribution >= 4 is 17.5 Å². The summed E-state index contributed by atoms with van der Waals surface area (Å²) >= 11 is 0. The topological polar surface area (TPSA) is 59.1 Å². The number of hydrogen-bond donors (Lipinski definition) is 2. The molecule has 0 spiro atoms. The highest BCUT2D eigenvalue weighted by molar-refractivity contribution is 5.60. The molecule has 2 aromatic carbocycles. The van der Waals surface area contributed by atoms with E-state index in [0.29, 0.717) is 5.95 Å². The molecule has 1 heterocycles. The van der Waals surface area contributed by atoms with E-state index in [0.717, 1.165) is 30.2 Å². The van der Waals surface area contributed by atoms with Gasteiger partial charge in [0.2, 0.25) is 5.95 Å². The summed E-state index contributed by atoms with van der Waals surface area (Å²) < 4.78 is 5.39. The van der Waals surface area contributed by atoms with E-state index in [4.69, 9.17) is 4.74 Å². The molecule has 3 aromatic rings. The van der Waals surface area contributed by atoms with Crippen molar-refractivity contribution in [2.24, 2.45) is 0 Å². The van der Waals surface area contributed by atoms with E-state index in [1.165, 1.54) is 16.7 Å².